The summed E-state index contributed by atoms with van der Waals surface area (Å²) < 4.78 is 26.3. The van der Waals surface area contributed by atoms with E-state index < -0.39 is 6.04 Å². The number of rotatable bonds is 8. The molecule has 0 unspecified atom stereocenters. The normalized spacial score (nSPS) is 16.8. The lowest BCUT2D eigenvalue weighted by Gasteiger charge is -2.23. The first-order chi connectivity index (χ1) is 18.0. The van der Waals surface area contributed by atoms with Gasteiger partial charge in [-0.05, 0) is 60.7 Å². The number of para-hydroxylation sites is 1. The summed E-state index contributed by atoms with van der Waals surface area (Å²) in [7, 11) is 0. The van der Waals surface area contributed by atoms with Gasteiger partial charge in [0.2, 0.25) is 11.8 Å². The largest absolute Gasteiger partial charge is 0.488 e. The highest BCUT2D eigenvalue weighted by Crippen LogP contribution is 2.26. The number of amides is 2. The first kappa shape index (κ1) is 24.0. The van der Waals surface area contributed by atoms with Crippen LogP contribution in [-0.4, -0.2) is 50.2 Å². The fourth-order valence-corrected chi connectivity index (χ4v) is 4.11. The van der Waals surface area contributed by atoms with Gasteiger partial charge < -0.3 is 19.7 Å². The van der Waals surface area contributed by atoms with Crippen LogP contribution >= 0.6 is 0 Å². The molecule has 0 spiro atoms. The van der Waals surface area contributed by atoms with Crippen molar-refractivity contribution in [3.63, 3.8) is 0 Å². The second kappa shape index (κ2) is 10.9. The molecule has 2 heterocycles. The standard InChI is InChI=1S/C27H24FN5O4/c28-19-6-10-22(11-7-19)36-23-12-8-20(9-13-23)31-27(35)25-14-24(37-21-4-2-1-3-5-21)15-33(25)26(34)16-32-18-29-17-30-32/h1-13,17-18,24-25H,14-16H2,(H,31,35)/t24-,25+/m1/s1. The van der Waals surface area contributed by atoms with Crippen molar-refractivity contribution in [2.45, 2.75) is 25.1 Å². The van der Waals surface area contributed by atoms with Gasteiger partial charge in [0.1, 0.15) is 54.4 Å². The first-order valence-electron chi connectivity index (χ1n) is 11.7. The minimum atomic E-state index is -0.722. The Hall–Kier alpha value is -4.73. The zero-order chi connectivity index (χ0) is 25.6. The summed E-state index contributed by atoms with van der Waals surface area (Å²) in [6.45, 7) is 0.238. The van der Waals surface area contributed by atoms with Gasteiger partial charge in [-0.1, -0.05) is 18.2 Å². The van der Waals surface area contributed by atoms with Gasteiger partial charge in [0, 0.05) is 12.1 Å². The molecule has 1 fully saturated rings. The molecule has 10 heteroatoms. The van der Waals surface area contributed by atoms with Gasteiger partial charge in [0.05, 0.1) is 6.54 Å². The number of likely N-dealkylation sites (tertiary alicyclic amines) is 1. The Kier molecular flexibility index (Phi) is 7.07. The molecule has 1 aliphatic rings. The van der Waals surface area contributed by atoms with Crippen LogP contribution in [0.3, 0.4) is 0 Å². The van der Waals surface area contributed by atoms with Crippen LogP contribution in [0.1, 0.15) is 6.42 Å². The number of hydrogen-bond acceptors (Lipinski definition) is 6. The van der Waals surface area contributed by atoms with Crippen LogP contribution in [0.15, 0.2) is 91.5 Å². The molecular formula is C27H24FN5O4. The lowest BCUT2D eigenvalue weighted by Crippen LogP contribution is -2.44. The fourth-order valence-electron chi connectivity index (χ4n) is 4.11. The molecule has 1 aromatic heterocycles. The van der Waals surface area contributed by atoms with Crippen molar-refractivity contribution in [3.05, 3.63) is 97.3 Å². The maximum absolute atomic E-state index is 13.3. The molecule has 9 nitrogen and oxygen atoms in total. The van der Waals surface area contributed by atoms with Crippen molar-refractivity contribution >= 4 is 17.5 Å². The van der Waals surface area contributed by atoms with Crippen molar-refractivity contribution in [2.24, 2.45) is 0 Å². The van der Waals surface area contributed by atoms with Gasteiger partial charge >= 0.3 is 0 Å². The Morgan fingerprint density at radius 3 is 2.32 bits per heavy atom. The average Bonchev–Trinajstić information content (AvgIpc) is 3.57. The number of nitrogens with zero attached hydrogens (tertiary/aromatic N) is 4. The third-order valence-electron chi connectivity index (χ3n) is 5.87. The molecule has 5 rings (SSSR count). The number of carbonyl (C=O) groups is 2. The highest BCUT2D eigenvalue weighted by molar-refractivity contribution is 5.97. The van der Waals surface area contributed by atoms with Gasteiger partial charge in [-0.25, -0.2) is 14.1 Å². The molecule has 2 amide bonds. The van der Waals surface area contributed by atoms with E-state index in [1.165, 1.54) is 46.5 Å². The van der Waals surface area contributed by atoms with Gasteiger partial charge in [0.25, 0.3) is 0 Å². The van der Waals surface area contributed by atoms with E-state index in [-0.39, 0.29) is 36.8 Å². The van der Waals surface area contributed by atoms with Crippen molar-refractivity contribution < 1.29 is 23.5 Å². The summed E-state index contributed by atoms with van der Waals surface area (Å²) in [5.74, 6) is 0.782. The molecule has 188 valence electrons. The van der Waals surface area contributed by atoms with Crippen molar-refractivity contribution in [1.82, 2.24) is 19.7 Å². The van der Waals surface area contributed by atoms with Crippen molar-refractivity contribution in [3.8, 4) is 17.2 Å². The molecule has 1 aliphatic heterocycles. The van der Waals surface area contributed by atoms with Crippen LogP contribution < -0.4 is 14.8 Å². The summed E-state index contributed by atoms with van der Waals surface area (Å²) >= 11 is 0. The Labute approximate surface area is 212 Å². The molecular weight excluding hydrogens is 477 g/mol. The van der Waals surface area contributed by atoms with Crippen LogP contribution in [0.4, 0.5) is 10.1 Å². The molecule has 4 aromatic rings. The molecule has 1 saturated heterocycles. The highest BCUT2D eigenvalue weighted by Gasteiger charge is 2.40. The third-order valence-corrected chi connectivity index (χ3v) is 5.87. The van der Waals surface area contributed by atoms with E-state index in [0.29, 0.717) is 29.4 Å². The van der Waals surface area contributed by atoms with Crippen molar-refractivity contribution in [2.75, 3.05) is 11.9 Å². The summed E-state index contributed by atoms with van der Waals surface area (Å²) in [4.78, 5) is 31.7. The van der Waals surface area contributed by atoms with Gasteiger partial charge in [-0.3, -0.25) is 9.59 Å². The maximum atomic E-state index is 13.3. The summed E-state index contributed by atoms with van der Waals surface area (Å²) in [5, 5.41) is 6.87. The fraction of sp³-hybridized carbons (Fsp3) is 0.185. The monoisotopic (exact) mass is 501 g/mol. The number of hydrogen-bond donors (Lipinski definition) is 1. The topological polar surface area (TPSA) is 98.6 Å². The predicted molar refractivity (Wildman–Crippen MR) is 133 cm³/mol. The summed E-state index contributed by atoms with van der Waals surface area (Å²) in [6, 6.07) is 21.1. The molecule has 1 N–H and O–H groups in total. The quantitative estimate of drug-likeness (QED) is 0.393. The van der Waals surface area contributed by atoms with E-state index in [1.807, 2.05) is 30.3 Å². The van der Waals surface area contributed by atoms with E-state index in [2.05, 4.69) is 15.4 Å². The second-order valence-corrected chi connectivity index (χ2v) is 8.51. The van der Waals surface area contributed by atoms with E-state index in [9.17, 15) is 14.0 Å². The van der Waals surface area contributed by atoms with Crippen LogP contribution in [0.5, 0.6) is 17.2 Å². The number of aromatic nitrogens is 3. The molecule has 0 radical (unpaired) electrons. The van der Waals surface area contributed by atoms with Crippen molar-refractivity contribution in [1.29, 1.82) is 0 Å². The smallest absolute Gasteiger partial charge is 0.247 e. The lowest BCUT2D eigenvalue weighted by molar-refractivity contribution is -0.137. The van der Waals surface area contributed by atoms with Crippen LogP contribution in [-0.2, 0) is 16.1 Å². The van der Waals surface area contributed by atoms with Gasteiger partial charge in [-0.15, -0.1) is 0 Å². The number of anilines is 1. The number of ether oxygens (including phenoxy) is 2. The highest BCUT2D eigenvalue weighted by atomic mass is 19.1. The number of carbonyl (C=O) groups excluding carboxylic acids is 2. The van der Waals surface area contributed by atoms with Crippen LogP contribution in [0.25, 0.3) is 0 Å². The summed E-state index contributed by atoms with van der Waals surface area (Å²) in [5.41, 5.74) is 0.549. The van der Waals surface area contributed by atoms with E-state index in [1.54, 1.807) is 24.3 Å². The van der Waals surface area contributed by atoms with Gasteiger partial charge in [-0.2, -0.15) is 5.10 Å². The molecule has 0 saturated carbocycles. The van der Waals surface area contributed by atoms with Crippen LogP contribution in [0.2, 0.25) is 0 Å². The second-order valence-electron chi connectivity index (χ2n) is 8.51. The molecule has 3 aromatic carbocycles. The minimum absolute atomic E-state index is 0.0305. The van der Waals surface area contributed by atoms with Gasteiger partial charge in [0.15, 0.2) is 0 Å². The lowest BCUT2D eigenvalue weighted by atomic mass is 10.1. The average molecular weight is 502 g/mol. The molecule has 0 bridgehead atoms. The summed E-state index contributed by atoms with van der Waals surface area (Å²) in [6.07, 6.45) is 2.81. The SMILES string of the molecule is O=C(Nc1ccc(Oc2ccc(F)cc2)cc1)[C@@H]1C[C@@H](Oc2ccccc2)CN1C(=O)Cn1cncn1. The first-order valence-corrected chi connectivity index (χ1v) is 11.7. The Bertz CT molecular complexity index is 1330. The predicted octanol–water partition coefficient (Wildman–Crippen LogP) is 3.90. The number of halogens is 1. The molecule has 37 heavy (non-hydrogen) atoms. The van der Waals surface area contributed by atoms with Crippen LogP contribution in [0, 0.1) is 5.82 Å². The zero-order valence-corrected chi connectivity index (χ0v) is 19.7. The zero-order valence-electron chi connectivity index (χ0n) is 19.7. The van der Waals surface area contributed by atoms with E-state index in [0.717, 1.165) is 0 Å². The Morgan fingerprint density at radius 2 is 1.65 bits per heavy atom. The molecule has 2 atom stereocenters. The van der Waals surface area contributed by atoms with E-state index in [4.69, 9.17) is 9.47 Å². The number of nitrogens with one attached hydrogen (secondary N) is 1. The minimum Gasteiger partial charge on any atom is -0.488 e. The third kappa shape index (κ3) is 6.10. The molecule has 0 aliphatic carbocycles. The maximum Gasteiger partial charge on any atom is 0.247 e. The Balaban J connectivity index is 1.26. The number of benzene rings is 3. The Morgan fingerprint density at radius 1 is 0.946 bits per heavy atom. The van der Waals surface area contributed by atoms with E-state index >= 15 is 0 Å².